The molecule has 0 aromatic heterocycles. The maximum Gasteiger partial charge on any atom is 0.238 e. The van der Waals surface area contributed by atoms with Gasteiger partial charge in [0.05, 0.1) is 12.2 Å². The Morgan fingerprint density at radius 3 is 2.44 bits per heavy atom. The number of piperazine rings is 1. The molecule has 2 N–H and O–H groups in total. The van der Waals surface area contributed by atoms with E-state index in [1.54, 1.807) is 12.1 Å². The second kappa shape index (κ2) is 7.48. The number of nitrogens with one attached hydrogen (secondary N) is 1. The van der Waals surface area contributed by atoms with Gasteiger partial charge in [0.25, 0.3) is 0 Å². The van der Waals surface area contributed by atoms with Gasteiger partial charge in [-0.1, -0.05) is 12.1 Å². The molecule has 0 unspecified atom stereocenters. The summed E-state index contributed by atoms with van der Waals surface area (Å²) in [7, 11) is 0. The lowest BCUT2D eigenvalue weighted by Gasteiger charge is -2.35. The molecule has 0 radical (unpaired) electrons. The van der Waals surface area contributed by atoms with Crippen LogP contribution in [0.4, 0.5) is 20.2 Å². The van der Waals surface area contributed by atoms with E-state index in [9.17, 15) is 18.7 Å². The fraction of sp³-hybridized carbons (Fsp3) is 0.278. The van der Waals surface area contributed by atoms with Crippen molar-refractivity contribution in [2.75, 3.05) is 42.9 Å². The Kier molecular flexibility index (Phi) is 5.14. The molecule has 1 aliphatic heterocycles. The van der Waals surface area contributed by atoms with Crippen LogP contribution in [0.25, 0.3) is 0 Å². The van der Waals surface area contributed by atoms with Crippen molar-refractivity contribution in [1.82, 2.24) is 4.90 Å². The number of nitrogens with zero attached hydrogens (tertiary/aromatic N) is 2. The minimum Gasteiger partial charge on any atom is -0.506 e. The highest BCUT2D eigenvalue weighted by atomic mass is 19.2. The van der Waals surface area contributed by atoms with Crippen LogP contribution in [-0.4, -0.2) is 48.6 Å². The van der Waals surface area contributed by atoms with Gasteiger partial charge in [0, 0.05) is 37.9 Å². The molecule has 0 spiro atoms. The Hall–Kier alpha value is -2.67. The van der Waals surface area contributed by atoms with E-state index in [4.69, 9.17) is 0 Å². The van der Waals surface area contributed by atoms with Crippen molar-refractivity contribution in [3.05, 3.63) is 54.1 Å². The van der Waals surface area contributed by atoms with Crippen molar-refractivity contribution in [1.29, 1.82) is 0 Å². The monoisotopic (exact) mass is 347 g/mol. The van der Waals surface area contributed by atoms with Crippen molar-refractivity contribution in [2.24, 2.45) is 0 Å². The van der Waals surface area contributed by atoms with Crippen molar-refractivity contribution >= 4 is 17.3 Å². The molecular formula is C18H19F2N3O2. The maximum atomic E-state index is 13.2. The van der Waals surface area contributed by atoms with Crippen LogP contribution in [-0.2, 0) is 4.79 Å². The predicted octanol–water partition coefficient (Wildman–Crippen LogP) is 2.43. The lowest BCUT2D eigenvalue weighted by atomic mass is 10.2. The number of carbonyl (C=O) groups excluding carboxylic acids is 1. The summed E-state index contributed by atoms with van der Waals surface area (Å²) in [5.41, 5.74) is 1.02. The van der Waals surface area contributed by atoms with E-state index in [1.165, 1.54) is 6.07 Å². The zero-order valence-electron chi connectivity index (χ0n) is 13.6. The molecule has 0 saturated carbocycles. The van der Waals surface area contributed by atoms with Gasteiger partial charge >= 0.3 is 0 Å². The van der Waals surface area contributed by atoms with Crippen LogP contribution >= 0.6 is 0 Å². The third-order valence-corrected chi connectivity index (χ3v) is 4.17. The molecule has 5 nitrogen and oxygen atoms in total. The largest absolute Gasteiger partial charge is 0.506 e. The van der Waals surface area contributed by atoms with E-state index in [2.05, 4.69) is 10.2 Å². The summed E-state index contributed by atoms with van der Waals surface area (Å²) in [4.78, 5) is 16.1. The number of para-hydroxylation sites is 2. The van der Waals surface area contributed by atoms with E-state index < -0.39 is 11.6 Å². The van der Waals surface area contributed by atoms with Crippen molar-refractivity contribution in [3.8, 4) is 5.75 Å². The number of amides is 1. The molecule has 1 heterocycles. The first-order chi connectivity index (χ1) is 12.0. The third-order valence-electron chi connectivity index (χ3n) is 4.17. The number of hydrogen-bond donors (Lipinski definition) is 2. The van der Waals surface area contributed by atoms with E-state index in [1.807, 2.05) is 17.0 Å². The minimum absolute atomic E-state index is 0.174. The number of halogens is 2. The average molecular weight is 347 g/mol. The minimum atomic E-state index is -0.992. The Bertz CT molecular complexity index is 762. The van der Waals surface area contributed by atoms with Gasteiger partial charge in [-0.3, -0.25) is 9.69 Å². The van der Waals surface area contributed by atoms with Gasteiger partial charge in [-0.15, -0.1) is 0 Å². The van der Waals surface area contributed by atoms with Gasteiger partial charge in [-0.25, -0.2) is 8.78 Å². The number of aromatic hydroxyl groups is 1. The van der Waals surface area contributed by atoms with Gasteiger partial charge in [-0.05, 0) is 24.3 Å². The standard InChI is InChI=1S/C18H19F2N3O2/c19-14-6-5-13(11-15(14)20)21-18(25)12-22-7-9-23(10-8-22)16-3-1-2-4-17(16)24/h1-6,11,24H,7-10,12H2,(H,21,25). The Morgan fingerprint density at radius 1 is 1.04 bits per heavy atom. The summed E-state index contributed by atoms with van der Waals surface area (Å²) in [6, 6.07) is 10.4. The van der Waals surface area contributed by atoms with Crippen LogP contribution in [0.15, 0.2) is 42.5 Å². The van der Waals surface area contributed by atoms with E-state index in [0.29, 0.717) is 26.2 Å². The van der Waals surface area contributed by atoms with E-state index >= 15 is 0 Å². The molecule has 1 amide bonds. The van der Waals surface area contributed by atoms with Crippen molar-refractivity contribution in [2.45, 2.75) is 0 Å². The van der Waals surface area contributed by atoms with Gasteiger partial charge in [0.2, 0.25) is 5.91 Å². The highest BCUT2D eigenvalue weighted by Crippen LogP contribution is 2.27. The molecule has 1 aliphatic rings. The second-order valence-corrected chi connectivity index (χ2v) is 5.93. The smallest absolute Gasteiger partial charge is 0.238 e. The van der Waals surface area contributed by atoms with Crippen LogP contribution < -0.4 is 10.2 Å². The zero-order valence-corrected chi connectivity index (χ0v) is 13.6. The van der Waals surface area contributed by atoms with E-state index in [0.717, 1.165) is 17.8 Å². The molecule has 132 valence electrons. The highest BCUT2D eigenvalue weighted by molar-refractivity contribution is 5.92. The lowest BCUT2D eigenvalue weighted by Crippen LogP contribution is -2.48. The molecule has 3 rings (SSSR count). The zero-order chi connectivity index (χ0) is 17.8. The van der Waals surface area contributed by atoms with Gasteiger partial charge < -0.3 is 15.3 Å². The molecule has 7 heteroatoms. The fourth-order valence-electron chi connectivity index (χ4n) is 2.86. The first-order valence-corrected chi connectivity index (χ1v) is 8.03. The predicted molar refractivity (Wildman–Crippen MR) is 91.7 cm³/mol. The van der Waals surface area contributed by atoms with Gasteiger partial charge in [-0.2, -0.15) is 0 Å². The van der Waals surface area contributed by atoms with E-state index in [-0.39, 0.29) is 23.9 Å². The quantitative estimate of drug-likeness (QED) is 0.892. The topological polar surface area (TPSA) is 55.8 Å². The number of phenolic OH excluding ortho intramolecular Hbond substituents is 1. The molecule has 0 bridgehead atoms. The number of phenols is 1. The normalized spacial score (nSPS) is 15.2. The molecule has 1 fully saturated rings. The van der Waals surface area contributed by atoms with Crippen LogP contribution in [0.1, 0.15) is 0 Å². The number of benzene rings is 2. The van der Waals surface area contributed by atoms with Crippen LogP contribution in [0.3, 0.4) is 0 Å². The first kappa shape index (κ1) is 17.2. The van der Waals surface area contributed by atoms with Crippen LogP contribution in [0.2, 0.25) is 0 Å². The van der Waals surface area contributed by atoms with Gasteiger partial charge in [0.15, 0.2) is 11.6 Å². The number of rotatable bonds is 4. The summed E-state index contributed by atoms with van der Waals surface area (Å²) >= 11 is 0. The van der Waals surface area contributed by atoms with Crippen LogP contribution in [0, 0.1) is 11.6 Å². The summed E-state index contributed by atoms with van der Waals surface area (Å²) < 4.78 is 26.1. The summed E-state index contributed by atoms with van der Waals surface area (Å²) in [6.07, 6.45) is 0. The molecule has 2 aromatic carbocycles. The summed E-state index contributed by atoms with van der Waals surface area (Å²) in [5.74, 6) is -1.97. The van der Waals surface area contributed by atoms with Gasteiger partial charge in [0.1, 0.15) is 5.75 Å². The first-order valence-electron chi connectivity index (χ1n) is 8.03. The van der Waals surface area contributed by atoms with Crippen molar-refractivity contribution < 1.29 is 18.7 Å². The Labute approximate surface area is 144 Å². The number of carbonyl (C=O) groups is 1. The second-order valence-electron chi connectivity index (χ2n) is 5.93. The SMILES string of the molecule is O=C(CN1CCN(c2ccccc2O)CC1)Nc1ccc(F)c(F)c1. The summed E-state index contributed by atoms with van der Waals surface area (Å²) in [6.45, 7) is 2.89. The average Bonchev–Trinajstić information content (AvgIpc) is 2.59. The number of hydrogen-bond acceptors (Lipinski definition) is 4. The maximum absolute atomic E-state index is 13.2. The molecule has 0 atom stereocenters. The van der Waals surface area contributed by atoms with Crippen LogP contribution in [0.5, 0.6) is 5.75 Å². The molecule has 2 aromatic rings. The Balaban J connectivity index is 1.51. The fourth-order valence-corrected chi connectivity index (χ4v) is 2.86. The Morgan fingerprint density at radius 2 is 1.76 bits per heavy atom. The highest BCUT2D eigenvalue weighted by Gasteiger charge is 2.20. The van der Waals surface area contributed by atoms with Crippen molar-refractivity contribution in [3.63, 3.8) is 0 Å². The lowest BCUT2D eigenvalue weighted by molar-refractivity contribution is -0.117. The third kappa shape index (κ3) is 4.24. The molecular weight excluding hydrogens is 328 g/mol. The number of anilines is 2. The molecule has 1 saturated heterocycles. The molecule has 0 aliphatic carbocycles. The molecule has 25 heavy (non-hydrogen) atoms. The summed E-state index contributed by atoms with van der Waals surface area (Å²) in [5, 5.41) is 12.5.